The number of piperazine rings is 1. The predicted molar refractivity (Wildman–Crippen MR) is 104 cm³/mol. The van der Waals surface area contributed by atoms with Crippen LogP contribution in [0.5, 0.6) is 0 Å². The predicted octanol–water partition coefficient (Wildman–Crippen LogP) is 2.14. The fourth-order valence-electron chi connectivity index (χ4n) is 3.12. The molecular weight excluding hydrogens is 342 g/mol. The van der Waals surface area contributed by atoms with E-state index in [0.29, 0.717) is 26.2 Å². The van der Waals surface area contributed by atoms with E-state index in [1.54, 1.807) is 24.5 Å². The molecule has 0 saturated carbocycles. The Morgan fingerprint density at radius 1 is 1.33 bits per heavy atom. The first-order valence-corrected chi connectivity index (χ1v) is 9.12. The Morgan fingerprint density at radius 3 is 2.89 bits per heavy atom. The number of carbonyl (C=O) groups excluding carboxylic acids is 2. The first-order chi connectivity index (χ1) is 13.1. The number of hydrogen-bond acceptors (Lipinski definition) is 4. The molecule has 2 aromatic rings. The van der Waals surface area contributed by atoms with Gasteiger partial charge in [0.2, 0.25) is 11.8 Å². The van der Waals surface area contributed by atoms with Crippen LogP contribution in [0.4, 0.5) is 0 Å². The smallest absolute Gasteiger partial charge is 0.237 e. The normalized spacial score (nSPS) is 17.8. The Morgan fingerprint density at radius 2 is 2.15 bits per heavy atom. The molecule has 3 rings (SSSR count). The van der Waals surface area contributed by atoms with Crippen molar-refractivity contribution in [2.24, 2.45) is 0 Å². The molecule has 1 aromatic carbocycles. The maximum Gasteiger partial charge on any atom is 0.237 e. The van der Waals surface area contributed by atoms with Gasteiger partial charge in [-0.05, 0) is 11.6 Å². The zero-order chi connectivity index (χ0) is 19.1. The summed E-state index contributed by atoms with van der Waals surface area (Å²) in [6, 6.07) is 11.4. The number of hydrogen-bond donors (Lipinski definition) is 1. The van der Waals surface area contributed by atoms with E-state index in [4.69, 9.17) is 4.42 Å². The highest BCUT2D eigenvalue weighted by Gasteiger charge is 2.32. The maximum atomic E-state index is 12.6. The minimum Gasteiger partial charge on any atom is -0.472 e. The number of benzene rings is 1. The third-order valence-electron chi connectivity index (χ3n) is 4.69. The molecule has 142 valence electrons. The highest BCUT2D eigenvalue weighted by atomic mass is 16.3. The molecule has 1 aliphatic heterocycles. The number of amides is 2. The van der Waals surface area contributed by atoms with E-state index in [0.717, 1.165) is 11.1 Å². The number of nitrogens with zero attached hydrogens (tertiary/aromatic N) is 2. The van der Waals surface area contributed by atoms with Crippen molar-refractivity contribution in [2.45, 2.75) is 19.0 Å². The van der Waals surface area contributed by atoms with Gasteiger partial charge in [0.1, 0.15) is 0 Å². The summed E-state index contributed by atoms with van der Waals surface area (Å²) in [5.74, 6) is -0.140. The van der Waals surface area contributed by atoms with E-state index in [9.17, 15) is 9.59 Å². The van der Waals surface area contributed by atoms with Gasteiger partial charge in [0.15, 0.2) is 0 Å². The molecule has 1 N–H and O–H groups in total. The molecule has 1 fully saturated rings. The molecule has 2 amide bonds. The second-order valence-corrected chi connectivity index (χ2v) is 6.70. The summed E-state index contributed by atoms with van der Waals surface area (Å²) in [5, 5.41) is 2.86. The Balaban J connectivity index is 1.56. The molecule has 0 aliphatic carbocycles. The lowest BCUT2D eigenvalue weighted by Gasteiger charge is -2.35. The summed E-state index contributed by atoms with van der Waals surface area (Å²) in [6.45, 7) is 2.41. The van der Waals surface area contributed by atoms with Gasteiger partial charge in [-0.3, -0.25) is 14.5 Å². The minimum atomic E-state index is -0.457. The van der Waals surface area contributed by atoms with E-state index in [1.165, 1.54) is 0 Å². The van der Waals surface area contributed by atoms with Gasteiger partial charge in [-0.2, -0.15) is 0 Å². The maximum absolute atomic E-state index is 12.6. The van der Waals surface area contributed by atoms with Gasteiger partial charge in [-0.25, -0.2) is 0 Å². The number of likely N-dealkylation sites (N-methyl/N-ethyl adjacent to an activating group) is 1. The number of carbonyl (C=O) groups is 2. The first kappa shape index (κ1) is 18.9. The molecule has 0 spiro atoms. The van der Waals surface area contributed by atoms with Gasteiger partial charge < -0.3 is 14.6 Å². The second-order valence-electron chi connectivity index (χ2n) is 6.70. The van der Waals surface area contributed by atoms with Crippen LogP contribution in [0.15, 0.2) is 59.4 Å². The highest BCUT2D eigenvalue weighted by molar-refractivity contribution is 5.88. The number of rotatable bonds is 7. The topological polar surface area (TPSA) is 65.8 Å². The summed E-state index contributed by atoms with van der Waals surface area (Å²) >= 11 is 0. The molecule has 0 bridgehead atoms. The Kier molecular flexibility index (Phi) is 6.44. The third kappa shape index (κ3) is 5.31. The van der Waals surface area contributed by atoms with Crippen LogP contribution in [0, 0.1) is 0 Å². The monoisotopic (exact) mass is 367 g/mol. The zero-order valence-corrected chi connectivity index (χ0v) is 15.5. The Hall–Kier alpha value is -2.86. The largest absolute Gasteiger partial charge is 0.472 e. The van der Waals surface area contributed by atoms with Crippen LogP contribution in [-0.4, -0.2) is 54.3 Å². The summed E-state index contributed by atoms with van der Waals surface area (Å²) in [5.41, 5.74) is 2.09. The average molecular weight is 367 g/mol. The minimum absolute atomic E-state index is 0.0491. The van der Waals surface area contributed by atoms with Crippen molar-refractivity contribution in [2.75, 3.05) is 26.7 Å². The van der Waals surface area contributed by atoms with Crippen LogP contribution >= 0.6 is 0 Å². The molecule has 1 aliphatic rings. The SMILES string of the molecule is CN(C/C=C/c1ccccc1)C(=O)CC1C(=O)NCCN1Cc1ccoc1. The van der Waals surface area contributed by atoms with Crippen LogP contribution < -0.4 is 5.32 Å². The molecule has 27 heavy (non-hydrogen) atoms. The summed E-state index contributed by atoms with van der Waals surface area (Å²) in [7, 11) is 1.76. The van der Waals surface area contributed by atoms with Crippen LogP contribution in [-0.2, 0) is 16.1 Å². The van der Waals surface area contributed by atoms with E-state index >= 15 is 0 Å². The number of furan rings is 1. The molecule has 6 nitrogen and oxygen atoms in total. The average Bonchev–Trinajstić information content (AvgIpc) is 3.18. The van der Waals surface area contributed by atoms with Crippen molar-refractivity contribution < 1.29 is 14.0 Å². The molecule has 1 unspecified atom stereocenters. The molecule has 1 saturated heterocycles. The van der Waals surface area contributed by atoms with Crippen molar-refractivity contribution >= 4 is 17.9 Å². The van der Waals surface area contributed by atoms with Crippen molar-refractivity contribution in [1.29, 1.82) is 0 Å². The van der Waals surface area contributed by atoms with E-state index in [-0.39, 0.29) is 18.2 Å². The standard InChI is InChI=1S/C21H25N3O3/c1-23(11-5-8-17-6-3-2-4-7-17)20(25)14-19-21(26)22-10-12-24(19)15-18-9-13-27-16-18/h2-9,13,16,19H,10-12,14-15H2,1H3,(H,22,26)/b8-5+. The first-order valence-electron chi connectivity index (χ1n) is 9.12. The molecule has 6 heteroatoms. The van der Waals surface area contributed by atoms with E-state index < -0.39 is 6.04 Å². The van der Waals surface area contributed by atoms with Gasteiger partial charge in [0, 0.05) is 38.8 Å². The molecule has 2 heterocycles. The van der Waals surface area contributed by atoms with Crippen molar-refractivity contribution in [3.05, 3.63) is 66.1 Å². The summed E-state index contributed by atoms with van der Waals surface area (Å²) < 4.78 is 5.11. The van der Waals surface area contributed by atoms with Gasteiger partial charge in [0.25, 0.3) is 0 Å². The van der Waals surface area contributed by atoms with E-state index in [2.05, 4.69) is 5.32 Å². The van der Waals surface area contributed by atoms with Crippen molar-refractivity contribution in [1.82, 2.24) is 15.1 Å². The highest BCUT2D eigenvalue weighted by Crippen LogP contribution is 2.15. The van der Waals surface area contributed by atoms with Crippen LogP contribution in [0.1, 0.15) is 17.5 Å². The third-order valence-corrected chi connectivity index (χ3v) is 4.69. The van der Waals surface area contributed by atoms with E-state index in [1.807, 2.05) is 53.5 Å². The zero-order valence-electron chi connectivity index (χ0n) is 15.5. The fourth-order valence-corrected chi connectivity index (χ4v) is 3.12. The Labute approximate surface area is 159 Å². The summed E-state index contributed by atoms with van der Waals surface area (Å²) in [4.78, 5) is 28.6. The lowest BCUT2D eigenvalue weighted by Crippen LogP contribution is -2.56. The van der Waals surface area contributed by atoms with Crippen LogP contribution in [0.2, 0.25) is 0 Å². The van der Waals surface area contributed by atoms with Crippen LogP contribution in [0.25, 0.3) is 6.08 Å². The Bertz CT molecular complexity index is 771. The van der Waals surface area contributed by atoms with Crippen molar-refractivity contribution in [3.63, 3.8) is 0 Å². The fraction of sp³-hybridized carbons (Fsp3) is 0.333. The molecule has 1 atom stereocenters. The van der Waals surface area contributed by atoms with Crippen LogP contribution in [0.3, 0.4) is 0 Å². The molecule has 0 radical (unpaired) electrons. The van der Waals surface area contributed by atoms with Gasteiger partial charge in [-0.15, -0.1) is 0 Å². The quantitative estimate of drug-likeness (QED) is 0.814. The second kappa shape index (κ2) is 9.19. The lowest BCUT2D eigenvalue weighted by molar-refractivity contribution is -0.138. The van der Waals surface area contributed by atoms with Crippen molar-refractivity contribution in [3.8, 4) is 0 Å². The summed E-state index contributed by atoms with van der Waals surface area (Å²) in [6.07, 6.45) is 7.40. The molecular formula is C21H25N3O3. The number of nitrogens with one attached hydrogen (secondary N) is 1. The molecule has 1 aromatic heterocycles. The lowest BCUT2D eigenvalue weighted by atomic mass is 10.1. The van der Waals surface area contributed by atoms with Gasteiger partial charge >= 0.3 is 0 Å². The van der Waals surface area contributed by atoms with Gasteiger partial charge in [-0.1, -0.05) is 42.5 Å². The van der Waals surface area contributed by atoms with Gasteiger partial charge in [0.05, 0.1) is 25.0 Å².